The van der Waals surface area contributed by atoms with Crippen LogP contribution < -0.4 is 10.0 Å². The third-order valence-corrected chi connectivity index (χ3v) is 7.29. The van der Waals surface area contributed by atoms with Gasteiger partial charge in [-0.15, -0.1) is 11.8 Å². The van der Waals surface area contributed by atoms with Crippen LogP contribution in [0, 0.1) is 0 Å². The molecule has 158 valence electrons. The second-order valence-corrected chi connectivity index (χ2v) is 10.2. The van der Waals surface area contributed by atoms with Gasteiger partial charge in [-0.25, -0.2) is 13.1 Å². The maximum absolute atomic E-state index is 12.3. The first-order chi connectivity index (χ1) is 14.3. The fourth-order valence-electron chi connectivity index (χ4n) is 2.98. The summed E-state index contributed by atoms with van der Waals surface area (Å²) in [5.74, 6) is 0.0923. The van der Waals surface area contributed by atoms with Crippen molar-refractivity contribution >= 4 is 50.1 Å². The molecule has 0 aliphatic rings. The Balaban J connectivity index is 1.62. The molecule has 0 fully saturated rings. The summed E-state index contributed by atoms with van der Waals surface area (Å²) < 4.78 is 27.2. The van der Waals surface area contributed by atoms with Gasteiger partial charge >= 0.3 is 0 Å². The van der Waals surface area contributed by atoms with Crippen molar-refractivity contribution in [2.45, 2.75) is 36.2 Å². The molecule has 1 amide bonds. The number of benzene rings is 3. The van der Waals surface area contributed by atoms with Crippen LogP contribution in [0.1, 0.15) is 19.4 Å². The third-order valence-electron chi connectivity index (χ3n) is 4.26. The fourth-order valence-corrected chi connectivity index (χ4v) is 5.57. The molecule has 0 unspecified atom stereocenters. The summed E-state index contributed by atoms with van der Waals surface area (Å²) >= 11 is 7.75. The van der Waals surface area contributed by atoms with Crippen LogP contribution in [0.2, 0.25) is 5.02 Å². The van der Waals surface area contributed by atoms with Crippen molar-refractivity contribution in [3.63, 3.8) is 0 Å². The molecule has 0 saturated heterocycles. The average molecular weight is 463 g/mol. The van der Waals surface area contributed by atoms with E-state index in [1.807, 2.05) is 36.4 Å². The molecule has 0 bridgehead atoms. The summed E-state index contributed by atoms with van der Waals surface area (Å²) in [5.41, 5.74) is 0.716. The van der Waals surface area contributed by atoms with Crippen LogP contribution in [0.3, 0.4) is 0 Å². The molecule has 0 heterocycles. The van der Waals surface area contributed by atoms with Crippen LogP contribution >= 0.6 is 23.4 Å². The number of carbonyl (C=O) groups is 1. The lowest BCUT2D eigenvalue weighted by atomic mass is 10.1. The second-order valence-electron chi connectivity index (χ2n) is 7.08. The highest BCUT2D eigenvalue weighted by Gasteiger charge is 2.15. The van der Waals surface area contributed by atoms with Gasteiger partial charge in [0, 0.05) is 27.9 Å². The van der Waals surface area contributed by atoms with E-state index in [0.717, 1.165) is 15.7 Å². The smallest absolute Gasteiger partial charge is 0.240 e. The van der Waals surface area contributed by atoms with Crippen LogP contribution in [0.25, 0.3) is 10.8 Å². The molecular weight excluding hydrogens is 440 g/mol. The number of amides is 1. The van der Waals surface area contributed by atoms with E-state index in [-0.39, 0.29) is 29.1 Å². The SMILES string of the molecule is CC(C)NS(=O)(=O)c1cccc(CNC(=O)CSc2cccc3cccc(Cl)c23)c1. The highest BCUT2D eigenvalue weighted by molar-refractivity contribution is 8.00. The number of sulfonamides is 1. The van der Waals surface area contributed by atoms with Gasteiger partial charge in [0.15, 0.2) is 0 Å². The van der Waals surface area contributed by atoms with Gasteiger partial charge in [-0.1, -0.05) is 48.0 Å². The summed E-state index contributed by atoms with van der Waals surface area (Å²) in [6, 6.07) is 18.0. The molecule has 2 N–H and O–H groups in total. The van der Waals surface area contributed by atoms with Crippen molar-refractivity contribution in [3.05, 3.63) is 71.2 Å². The summed E-state index contributed by atoms with van der Waals surface area (Å²) in [5, 5.41) is 5.47. The Labute approximate surface area is 186 Å². The van der Waals surface area contributed by atoms with Gasteiger partial charge in [0.1, 0.15) is 0 Å². The van der Waals surface area contributed by atoms with Crippen LogP contribution in [0.4, 0.5) is 0 Å². The minimum absolute atomic E-state index is 0.141. The third kappa shape index (κ3) is 5.76. The number of fused-ring (bicyclic) bond motifs is 1. The molecule has 0 aromatic heterocycles. The molecule has 8 heteroatoms. The number of rotatable bonds is 8. The summed E-state index contributed by atoms with van der Waals surface area (Å²) in [6.07, 6.45) is 0. The lowest BCUT2D eigenvalue weighted by Gasteiger charge is -2.11. The minimum atomic E-state index is -3.57. The fraction of sp³-hybridized carbons (Fsp3) is 0.227. The van der Waals surface area contributed by atoms with Gasteiger partial charge in [-0.3, -0.25) is 4.79 Å². The largest absolute Gasteiger partial charge is 0.351 e. The van der Waals surface area contributed by atoms with E-state index in [4.69, 9.17) is 11.6 Å². The van der Waals surface area contributed by atoms with Crippen molar-refractivity contribution < 1.29 is 13.2 Å². The van der Waals surface area contributed by atoms with E-state index in [9.17, 15) is 13.2 Å². The minimum Gasteiger partial charge on any atom is -0.351 e. The molecule has 3 aromatic carbocycles. The van der Waals surface area contributed by atoms with Crippen molar-refractivity contribution in [3.8, 4) is 0 Å². The van der Waals surface area contributed by atoms with Gasteiger partial charge < -0.3 is 5.32 Å². The average Bonchev–Trinajstić information content (AvgIpc) is 2.70. The number of thioether (sulfide) groups is 1. The van der Waals surface area contributed by atoms with E-state index in [1.54, 1.807) is 32.0 Å². The van der Waals surface area contributed by atoms with Crippen LogP contribution in [0.15, 0.2) is 70.5 Å². The highest BCUT2D eigenvalue weighted by Crippen LogP contribution is 2.33. The number of halogens is 1. The van der Waals surface area contributed by atoms with E-state index in [2.05, 4.69) is 10.0 Å². The molecule has 0 spiro atoms. The van der Waals surface area contributed by atoms with E-state index < -0.39 is 10.0 Å². The second kappa shape index (κ2) is 9.83. The number of hydrogen-bond donors (Lipinski definition) is 2. The Morgan fingerprint density at radius 1 is 1.07 bits per heavy atom. The van der Waals surface area contributed by atoms with Crippen LogP contribution in [0.5, 0.6) is 0 Å². The van der Waals surface area contributed by atoms with Crippen molar-refractivity contribution in [2.75, 3.05) is 5.75 Å². The van der Waals surface area contributed by atoms with Crippen molar-refractivity contribution in [1.82, 2.24) is 10.0 Å². The monoisotopic (exact) mass is 462 g/mol. The Morgan fingerprint density at radius 2 is 1.77 bits per heavy atom. The predicted octanol–water partition coefficient (Wildman–Crippen LogP) is 4.59. The first-order valence-corrected chi connectivity index (χ1v) is 12.3. The molecule has 30 heavy (non-hydrogen) atoms. The van der Waals surface area contributed by atoms with Gasteiger partial charge in [-0.2, -0.15) is 0 Å². The van der Waals surface area contributed by atoms with Gasteiger partial charge in [-0.05, 0) is 49.1 Å². The quantitative estimate of drug-likeness (QED) is 0.480. The maximum Gasteiger partial charge on any atom is 0.240 e. The molecule has 0 atom stereocenters. The van der Waals surface area contributed by atoms with Crippen LogP contribution in [-0.2, 0) is 21.4 Å². The van der Waals surface area contributed by atoms with Gasteiger partial charge in [0.2, 0.25) is 15.9 Å². The number of nitrogens with one attached hydrogen (secondary N) is 2. The Hall–Kier alpha value is -2.06. The zero-order valence-corrected chi connectivity index (χ0v) is 19.1. The van der Waals surface area contributed by atoms with E-state index in [1.165, 1.54) is 17.8 Å². The first-order valence-electron chi connectivity index (χ1n) is 9.44. The van der Waals surface area contributed by atoms with Crippen LogP contribution in [-0.4, -0.2) is 26.1 Å². The molecule has 5 nitrogen and oxygen atoms in total. The zero-order chi connectivity index (χ0) is 21.7. The molecular formula is C22H23ClN2O3S2. The molecule has 3 rings (SSSR count). The van der Waals surface area contributed by atoms with E-state index in [0.29, 0.717) is 10.6 Å². The van der Waals surface area contributed by atoms with E-state index >= 15 is 0 Å². The summed E-state index contributed by atoms with van der Waals surface area (Å²) in [6.45, 7) is 3.78. The van der Waals surface area contributed by atoms with Gasteiger partial charge in [0.05, 0.1) is 10.6 Å². The molecule has 0 aliphatic carbocycles. The normalized spacial score (nSPS) is 11.7. The molecule has 0 saturated carbocycles. The topological polar surface area (TPSA) is 75.3 Å². The molecule has 3 aromatic rings. The van der Waals surface area contributed by atoms with Crippen molar-refractivity contribution in [2.24, 2.45) is 0 Å². The predicted molar refractivity (Wildman–Crippen MR) is 123 cm³/mol. The summed E-state index contributed by atoms with van der Waals surface area (Å²) in [7, 11) is -3.57. The first kappa shape index (κ1) is 22.6. The summed E-state index contributed by atoms with van der Waals surface area (Å²) in [4.78, 5) is 13.5. The van der Waals surface area contributed by atoms with Crippen molar-refractivity contribution in [1.29, 1.82) is 0 Å². The Morgan fingerprint density at radius 3 is 2.50 bits per heavy atom. The Kier molecular flexibility index (Phi) is 7.41. The lowest BCUT2D eigenvalue weighted by molar-refractivity contribution is -0.118. The lowest BCUT2D eigenvalue weighted by Crippen LogP contribution is -2.30. The number of carbonyl (C=O) groups excluding carboxylic acids is 1. The molecule has 0 radical (unpaired) electrons. The maximum atomic E-state index is 12.3. The molecule has 0 aliphatic heterocycles. The van der Waals surface area contributed by atoms with Gasteiger partial charge in [0.25, 0.3) is 0 Å². The zero-order valence-electron chi connectivity index (χ0n) is 16.7. The standard InChI is InChI=1S/C22H23ClN2O3S2/c1-15(2)25-30(27,28)18-9-3-6-16(12-18)13-24-21(26)14-29-20-11-5-8-17-7-4-10-19(23)22(17)20/h3-12,15,25H,13-14H2,1-2H3,(H,24,26). The highest BCUT2D eigenvalue weighted by atomic mass is 35.5. The Bertz CT molecular complexity index is 1160. The number of hydrogen-bond acceptors (Lipinski definition) is 4.